The van der Waals surface area contributed by atoms with E-state index in [1.807, 2.05) is 53.8 Å². The second-order valence-corrected chi connectivity index (χ2v) is 11.2. The number of nitrogens with zero attached hydrogens (tertiary/aromatic N) is 2. The number of likely N-dealkylation sites (N-methyl/N-ethyl adjacent to an activating group) is 1. The van der Waals surface area contributed by atoms with Crippen LogP contribution in [0, 0.1) is 5.41 Å². The molecule has 1 aromatic heterocycles. The van der Waals surface area contributed by atoms with Gasteiger partial charge in [-0.05, 0) is 24.0 Å². The number of benzene rings is 1. The van der Waals surface area contributed by atoms with Crippen molar-refractivity contribution in [2.24, 2.45) is 12.5 Å². The molecule has 1 atom stereocenters. The molecule has 2 rings (SSSR count). The van der Waals surface area contributed by atoms with Crippen molar-refractivity contribution in [3.63, 3.8) is 0 Å². The second kappa shape index (κ2) is 12.7. The largest absolute Gasteiger partial charge is 0.478 e. The van der Waals surface area contributed by atoms with Crippen LogP contribution < -0.4 is 5.32 Å². The molecule has 0 spiro atoms. The summed E-state index contributed by atoms with van der Waals surface area (Å²) in [7, 11) is 3.60. The van der Waals surface area contributed by atoms with Gasteiger partial charge in [0.1, 0.15) is 6.04 Å². The number of carboxylic acids is 1. The van der Waals surface area contributed by atoms with E-state index in [9.17, 15) is 14.4 Å². The molecule has 1 unspecified atom stereocenters. The molecule has 0 saturated heterocycles. The molecule has 36 heavy (non-hydrogen) atoms. The maximum Gasteiger partial charge on any atom is 0.331 e. The molecule has 7 heteroatoms. The molecule has 7 nitrogen and oxygen atoms in total. The number of carboxylic acid groups (broad SMARTS) is 1. The van der Waals surface area contributed by atoms with Gasteiger partial charge in [-0.2, -0.15) is 0 Å². The molecule has 200 valence electrons. The maximum atomic E-state index is 13.2. The molecule has 0 bridgehead atoms. The van der Waals surface area contributed by atoms with Gasteiger partial charge in [0.2, 0.25) is 11.8 Å². The Bertz CT molecular complexity index is 1090. The number of aromatic nitrogens is 1. The second-order valence-electron chi connectivity index (χ2n) is 11.2. The molecule has 1 aromatic carbocycles. The Labute approximate surface area is 216 Å². The first-order valence-corrected chi connectivity index (χ1v) is 12.6. The van der Waals surface area contributed by atoms with Crippen LogP contribution in [0.15, 0.2) is 42.1 Å². The van der Waals surface area contributed by atoms with Gasteiger partial charge in [0, 0.05) is 55.1 Å². The van der Waals surface area contributed by atoms with Crippen LogP contribution in [0.25, 0.3) is 10.9 Å². The first-order chi connectivity index (χ1) is 16.6. The minimum atomic E-state index is -1.02. The lowest BCUT2D eigenvalue weighted by atomic mass is 9.80. The number of nitrogens with one attached hydrogen (secondary N) is 1. The minimum Gasteiger partial charge on any atom is -0.478 e. The van der Waals surface area contributed by atoms with Crippen molar-refractivity contribution >= 4 is 28.7 Å². The van der Waals surface area contributed by atoms with Crippen molar-refractivity contribution in [1.82, 2.24) is 14.8 Å². The molecule has 0 radical (unpaired) electrons. The predicted octanol–water partition coefficient (Wildman–Crippen LogP) is 5.28. The number of hydrogen-bond acceptors (Lipinski definition) is 3. The van der Waals surface area contributed by atoms with E-state index in [0.717, 1.165) is 16.5 Å². The summed E-state index contributed by atoms with van der Waals surface area (Å²) in [4.78, 5) is 38.8. The average Bonchev–Trinajstić information content (AvgIpc) is 3.12. The number of hydrogen-bond donors (Lipinski definition) is 2. The van der Waals surface area contributed by atoms with Crippen LogP contribution in [-0.2, 0) is 26.8 Å². The van der Waals surface area contributed by atoms with Crippen LogP contribution in [0.5, 0.6) is 0 Å². The molecule has 2 aromatic rings. The van der Waals surface area contributed by atoms with Crippen LogP contribution in [0.1, 0.15) is 73.8 Å². The fourth-order valence-corrected chi connectivity index (χ4v) is 3.91. The smallest absolute Gasteiger partial charge is 0.331 e. The normalized spacial score (nSPS) is 13.0. The summed E-state index contributed by atoms with van der Waals surface area (Å²) in [6.45, 7) is 15.7. The maximum absolute atomic E-state index is 13.2. The number of aryl methyl sites for hydroxylation is 1. The summed E-state index contributed by atoms with van der Waals surface area (Å²) < 4.78 is 2.06. The summed E-state index contributed by atoms with van der Waals surface area (Å²) in [6, 6.07) is 7.37. The van der Waals surface area contributed by atoms with Gasteiger partial charge in [-0.15, -0.1) is 0 Å². The van der Waals surface area contributed by atoms with Crippen LogP contribution >= 0.6 is 0 Å². The number of fused-ring (bicyclic) bond motifs is 1. The fourth-order valence-electron chi connectivity index (χ4n) is 3.91. The molecule has 0 saturated carbocycles. The average molecular weight is 500 g/mol. The number of aliphatic carboxylic acids is 1. The molecule has 0 aliphatic carbocycles. The SMILES string of the molecule is C/C(=C\CN(C)C(=O)C(NC(=O)CC(C)(C)c1cn(C)c2ccccc12)C(C)(C)C)C(=O)O.CCC. The standard InChI is InChI=1S/C26H37N3O4.C3H8/c1-17(24(32)33)13-14-28(7)23(31)22(25(2,3)4)27-21(30)15-26(5,6)19-16-29(8)20-12-10-9-11-18(19)20;1-3-2/h9-13,16,22H,14-15H2,1-8H3,(H,27,30)(H,32,33);3H2,1-2H3/b17-13+;. The van der Waals surface area contributed by atoms with Gasteiger partial charge in [-0.1, -0.05) is 79.2 Å². The van der Waals surface area contributed by atoms with Gasteiger partial charge in [0.15, 0.2) is 0 Å². The van der Waals surface area contributed by atoms with Gasteiger partial charge in [-0.3, -0.25) is 9.59 Å². The summed E-state index contributed by atoms with van der Waals surface area (Å²) >= 11 is 0. The Morgan fingerprint density at radius 2 is 1.67 bits per heavy atom. The van der Waals surface area contributed by atoms with Gasteiger partial charge >= 0.3 is 5.97 Å². The Hall–Kier alpha value is -3.09. The van der Waals surface area contributed by atoms with Crippen molar-refractivity contribution < 1.29 is 19.5 Å². The predicted molar refractivity (Wildman–Crippen MR) is 147 cm³/mol. The highest BCUT2D eigenvalue weighted by atomic mass is 16.4. The van der Waals surface area contributed by atoms with E-state index < -0.39 is 22.8 Å². The number of carbonyl (C=O) groups excluding carboxylic acids is 2. The van der Waals surface area contributed by atoms with Gasteiger partial charge < -0.3 is 19.9 Å². The van der Waals surface area contributed by atoms with Gasteiger partial charge in [-0.25, -0.2) is 4.79 Å². The van der Waals surface area contributed by atoms with Gasteiger partial charge in [0.05, 0.1) is 0 Å². The van der Waals surface area contributed by atoms with Gasteiger partial charge in [0.25, 0.3) is 0 Å². The molecule has 2 amide bonds. The number of amides is 2. The molecular formula is C29H45N3O4. The lowest BCUT2D eigenvalue weighted by Crippen LogP contribution is -2.54. The van der Waals surface area contributed by atoms with Crippen LogP contribution in [-0.4, -0.2) is 52.0 Å². The topological polar surface area (TPSA) is 91.6 Å². The molecule has 1 heterocycles. The van der Waals surface area contributed by atoms with E-state index >= 15 is 0 Å². The lowest BCUT2D eigenvalue weighted by Gasteiger charge is -2.34. The van der Waals surface area contributed by atoms with Crippen LogP contribution in [0.4, 0.5) is 0 Å². The van der Waals surface area contributed by atoms with E-state index in [1.54, 1.807) is 7.05 Å². The van der Waals surface area contributed by atoms with E-state index in [-0.39, 0.29) is 30.4 Å². The van der Waals surface area contributed by atoms with Crippen molar-refractivity contribution in [3.8, 4) is 0 Å². The van der Waals surface area contributed by atoms with Crippen molar-refractivity contribution in [2.45, 2.75) is 79.7 Å². The molecule has 0 aliphatic heterocycles. The highest BCUT2D eigenvalue weighted by molar-refractivity contribution is 5.90. The Balaban J connectivity index is 0.00000205. The first-order valence-electron chi connectivity index (χ1n) is 12.6. The van der Waals surface area contributed by atoms with Crippen molar-refractivity contribution in [2.75, 3.05) is 13.6 Å². The van der Waals surface area contributed by atoms with E-state index in [1.165, 1.54) is 24.3 Å². The zero-order valence-electron chi connectivity index (χ0n) is 23.7. The molecule has 0 fully saturated rings. The molecule has 2 N–H and O–H groups in total. The zero-order valence-corrected chi connectivity index (χ0v) is 23.7. The fraction of sp³-hybridized carbons (Fsp3) is 0.552. The van der Waals surface area contributed by atoms with Crippen LogP contribution in [0.3, 0.4) is 0 Å². The lowest BCUT2D eigenvalue weighted by molar-refractivity contribution is -0.138. The summed E-state index contributed by atoms with van der Waals surface area (Å²) in [5.41, 5.74) is 1.40. The van der Waals surface area contributed by atoms with Crippen molar-refractivity contribution in [1.29, 1.82) is 0 Å². The number of rotatable bonds is 8. The van der Waals surface area contributed by atoms with Crippen LogP contribution in [0.2, 0.25) is 0 Å². The first kappa shape index (κ1) is 30.9. The third-order valence-corrected chi connectivity index (χ3v) is 6.03. The highest BCUT2D eigenvalue weighted by Gasteiger charge is 2.36. The zero-order chi connectivity index (χ0) is 27.8. The Kier molecular flexibility index (Phi) is 11.0. The summed E-state index contributed by atoms with van der Waals surface area (Å²) in [6.07, 6.45) is 5.03. The number of para-hydroxylation sites is 1. The minimum absolute atomic E-state index is 0.154. The highest BCUT2D eigenvalue weighted by Crippen LogP contribution is 2.34. The monoisotopic (exact) mass is 499 g/mol. The molecular weight excluding hydrogens is 454 g/mol. The number of carbonyl (C=O) groups is 3. The third-order valence-electron chi connectivity index (χ3n) is 6.03. The Morgan fingerprint density at radius 3 is 2.19 bits per heavy atom. The van der Waals surface area contributed by atoms with E-state index in [0.29, 0.717) is 0 Å². The third kappa shape index (κ3) is 8.25. The van der Waals surface area contributed by atoms with E-state index in [4.69, 9.17) is 5.11 Å². The quantitative estimate of drug-likeness (QED) is 0.483. The summed E-state index contributed by atoms with van der Waals surface area (Å²) in [5.74, 6) is -1.48. The Morgan fingerprint density at radius 1 is 1.11 bits per heavy atom. The van der Waals surface area contributed by atoms with Crippen molar-refractivity contribution in [3.05, 3.63) is 47.7 Å². The van der Waals surface area contributed by atoms with E-state index in [2.05, 4.69) is 42.1 Å². The molecule has 0 aliphatic rings. The summed E-state index contributed by atoms with van der Waals surface area (Å²) in [5, 5.41) is 13.1.